The van der Waals surface area contributed by atoms with Gasteiger partial charge in [-0.25, -0.2) is 0 Å². The molecule has 0 fully saturated rings. The first kappa shape index (κ1) is 17.3. The van der Waals surface area contributed by atoms with Crippen LogP contribution in [0.1, 0.15) is 34.3 Å². The number of hydrogen-bond donors (Lipinski definition) is 1. The molecule has 3 aromatic rings. The molecule has 1 amide bonds. The zero-order chi connectivity index (χ0) is 18.6. The summed E-state index contributed by atoms with van der Waals surface area (Å²) in [5, 5.41) is 3.62. The van der Waals surface area contributed by atoms with E-state index in [0.717, 1.165) is 17.7 Å². The Morgan fingerprint density at radius 1 is 0.889 bits per heavy atom. The summed E-state index contributed by atoms with van der Waals surface area (Å²) in [5.74, 6) is 0.285. The molecule has 0 aliphatic carbocycles. The molecule has 1 N–H and O–H groups in total. The van der Waals surface area contributed by atoms with Crippen LogP contribution in [-0.2, 0) is 6.42 Å². The van der Waals surface area contributed by atoms with Gasteiger partial charge in [-0.2, -0.15) is 0 Å². The van der Waals surface area contributed by atoms with E-state index in [2.05, 4.69) is 48.6 Å². The smallest absolute Gasteiger partial charge is 0.257 e. The lowest BCUT2D eigenvalue weighted by atomic mass is 9.93. The van der Waals surface area contributed by atoms with Gasteiger partial charge in [-0.05, 0) is 29.7 Å². The Hall–Kier alpha value is -3.07. The molecule has 1 heterocycles. The Bertz CT molecular complexity index is 908. The summed E-state index contributed by atoms with van der Waals surface area (Å²) in [4.78, 5) is 15.3. The van der Waals surface area contributed by atoms with Crippen molar-refractivity contribution in [3.05, 3.63) is 102 Å². The number of anilines is 1. The minimum Gasteiger partial charge on any atom is -0.364 e. The second-order valence-electron chi connectivity index (χ2n) is 7.07. The van der Waals surface area contributed by atoms with Crippen LogP contribution in [-0.4, -0.2) is 23.5 Å². The molecule has 3 aromatic carbocycles. The molecule has 4 rings (SSSR count). The maximum Gasteiger partial charge on any atom is 0.257 e. The lowest BCUT2D eigenvalue weighted by molar-refractivity contribution is 0.0666. The lowest BCUT2D eigenvalue weighted by Gasteiger charge is -2.41. The summed E-state index contributed by atoms with van der Waals surface area (Å²) in [5.41, 5.74) is 4.15. The summed E-state index contributed by atoms with van der Waals surface area (Å²) < 4.78 is 0. The topological polar surface area (TPSA) is 32.3 Å². The van der Waals surface area contributed by atoms with Crippen molar-refractivity contribution in [2.24, 2.45) is 0 Å². The third-order valence-corrected chi connectivity index (χ3v) is 5.34. The molecule has 136 valence electrons. The normalized spacial score (nSPS) is 17.1. The van der Waals surface area contributed by atoms with Gasteiger partial charge in [-0.15, -0.1) is 0 Å². The van der Waals surface area contributed by atoms with Gasteiger partial charge in [0.1, 0.15) is 6.17 Å². The maximum atomic E-state index is 13.3. The highest BCUT2D eigenvalue weighted by atomic mass is 16.2. The summed E-state index contributed by atoms with van der Waals surface area (Å²) in [6.07, 6.45) is 0.771. The summed E-state index contributed by atoms with van der Waals surface area (Å²) in [7, 11) is 0. The minimum atomic E-state index is -0.0708. The van der Waals surface area contributed by atoms with Crippen LogP contribution in [0.4, 0.5) is 5.69 Å². The molecule has 1 aliphatic rings. The fourth-order valence-electron chi connectivity index (χ4n) is 3.78. The van der Waals surface area contributed by atoms with E-state index in [1.54, 1.807) is 0 Å². The van der Waals surface area contributed by atoms with E-state index < -0.39 is 0 Å². The highest BCUT2D eigenvalue weighted by Gasteiger charge is 2.35. The van der Waals surface area contributed by atoms with Crippen LogP contribution in [0.25, 0.3) is 0 Å². The van der Waals surface area contributed by atoms with Crippen LogP contribution >= 0.6 is 0 Å². The van der Waals surface area contributed by atoms with Crippen molar-refractivity contribution in [3.8, 4) is 0 Å². The quantitative estimate of drug-likeness (QED) is 0.703. The number of fused-ring (bicyclic) bond motifs is 1. The van der Waals surface area contributed by atoms with Gasteiger partial charge in [0, 0.05) is 18.2 Å². The van der Waals surface area contributed by atoms with Gasteiger partial charge in [0.15, 0.2) is 0 Å². The molecule has 1 aliphatic heterocycles. The molecule has 0 aromatic heterocycles. The van der Waals surface area contributed by atoms with E-state index >= 15 is 0 Å². The van der Waals surface area contributed by atoms with Gasteiger partial charge >= 0.3 is 0 Å². The average Bonchev–Trinajstić information content (AvgIpc) is 2.74. The first-order valence-corrected chi connectivity index (χ1v) is 9.49. The molecule has 3 nitrogen and oxygen atoms in total. The van der Waals surface area contributed by atoms with Gasteiger partial charge in [-0.3, -0.25) is 4.79 Å². The molecule has 27 heavy (non-hydrogen) atoms. The predicted octanol–water partition coefficient (Wildman–Crippen LogP) is 4.93. The van der Waals surface area contributed by atoms with Crippen LogP contribution in [0.2, 0.25) is 0 Å². The lowest BCUT2D eigenvalue weighted by Crippen LogP contribution is -2.52. The summed E-state index contributed by atoms with van der Waals surface area (Å²) >= 11 is 0. The molecule has 0 spiro atoms. The van der Waals surface area contributed by atoms with E-state index in [1.165, 1.54) is 11.1 Å². The van der Waals surface area contributed by atoms with Crippen molar-refractivity contribution in [2.45, 2.75) is 25.4 Å². The first-order valence-electron chi connectivity index (χ1n) is 9.49. The van der Waals surface area contributed by atoms with E-state index in [4.69, 9.17) is 0 Å². The van der Waals surface area contributed by atoms with Crippen molar-refractivity contribution in [3.63, 3.8) is 0 Å². The van der Waals surface area contributed by atoms with Gasteiger partial charge in [0.25, 0.3) is 5.91 Å². The maximum absolute atomic E-state index is 13.3. The molecule has 0 saturated heterocycles. The Labute approximate surface area is 160 Å². The number of carbonyl (C=O) groups is 1. The molecular formula is C24H24N2O. The van der Waals surface area contributed by atoms with Crippen molar-refractivity contribution in [1.82, 2.24) is 4.90 Å². The van der Waals surface area contributed by atoms with Crippen molar-refractivity contribution in [1.29, 1.82) is 0 Å². The number of nitrogens with one attached hydrogen (secondary N) is 1. The van der Waals surface area contributed by atoms with Crippen molar-refractivity contribution in [2.75, 3.05) is 11.9 Å². The van der Waals surface area contributed by atoms with E-state index in [0.29, 0.717) is 6.54 Å². The highest BCUT2D eigenvalue weighted by Crippen LogP contribution is 2.32. The molecule has 2 atom stereocenters. The average molecular weight is 356 g/mol. The minimum absolute atomic E-state index is 0.0708. The van der Waals surface area contributed by atoms with Gasteiger partial charge < -0.3 is 10.2 Å². The fraction of sp³-hybridized carbons (Fsp3) is 0.208. The second kappa shape index (κ2) is 7.67. The molecule has 0 saturated carbocycles. The van der Waals surface area contributed by atoms with E-state index in [9.17, 15) is 4.79 Å². The molecule has 2 unspecified atom stereocenters. The highest BCUT2D eigenvalue weighted by molar-refractivity contribution is 6.01. The number of benzene rings is 3. The summed E-state index contributed by atoms with van der Waals surface area (Å²) in [6, 6.07) is 28.5. The fourth-order valence-corrected chi connectivity index (χ4v) is 3.78. The Balaban J connectivity index is 1.64. The Kier molecular flexibility index (Phi) is 4.93. The number of rotatable bonds is 5. The third kappa shape index (κ3) is 3.59. The third-order valence-electron chi connectivity index (χ3n) is 5.34. The predicted molar refractivity (Wildman–Crippen MR) is 110 cm³/mol. The van der Waals surface area contributed by atoms with Gasteiger partial charge in [0.2, 0.25) is 0 Å². The molecule has 0 bridgehead atoms. The zero-order valence-electron chi connectivity index (χ0n) is 15.5. The van der Waals surface area contributed by atoms with Crippen LogP contribution in [0.15, 0.2) is 84.9 Å². The van der Waals surface area contributed by atoms with E-state index in [1.807, 2.05) is 53.4 Å². The standard InChI is InChI=1S/C24H24N2O/c1-18(20-12-6-3-7-13-20)23-25-22-15-9-8-14-21(22)24(27)26(23)17-16-19-10-4-2-5-11-19/h2-15,18,23,25H,16-17H2,1H3. The van der Waals surface area contributed by atoms with Crippen molar-refractivity contribution < 1.29 is 4.79 Å². The number of amides is 1. The first-order chi connectivity index (χ1) is 13.2. The largest absolute Gasteiger partial charge is 0.364 e. The molecular weight excluding hydrogens is 332 g/mol. The number of nitrogens with zero attached hydrogens (tertiary/aromatic N) is 1. The second-order valence-corrected chi connectivity index (χ2v) is 7.07. The Morgan fingerprint density at radius 2 is 1.52 bits per heavy atom. The number of para-hydroxylation sites is 1. The SMILES string of the molecule is CC(c1ccccc1)C1Nc2ccccc2C(=O)N1CCc1ccccc1. The molecule has 0 radical (unpaired) electrons. The van der Waals surface area contributed by atoms with Crippen LogP contribution in [0, 0.1) is 0 Å². The monoisotopic (exact) mass is 356 g/mol. The zero-order valence-corrected chi connectivity index (χ0v) is 15.5. The van der Waals surface area contributed by atoms with E-state index in [-0.39, 0.29) is 18.0 Å². The van der Waals surface area contributed by atoms with Crippen LogP contribution < -0.4 is 5.32 Å². The summed E-state index contributed by atoms with van der Waals surface area (Å²) in [6.45, 7) is 2.87. The van der Waals surface area contributed by atoms with Crippen LogP contribution in [0.5, 0.6) is 0 Å². The number of hydrogen-bond acceptors (Lipinski definition) is 2. The Morgan fingerprint density at radius 3 is 2.26 bits per heavy atom. The molecule has 3 heteroatoms. The number of carbonyl (C=O) groups excluding carboxylic acids is 1. The van der Waals surface area contributed by atoms with Gasteiger partial charge in [0.05, 0.1) is 5.56 Å². The van der Waals surface area contributed by atoms with Crippen molar-refractivity contribution >= 4 is 11.6 Å². The van der Waals surface area contributed by atoms with Crippen LogP contribution in [0.3, 0.4) is 0 Å². The van der Waals surface area contributed by atoms with Gasteiger partial charge in [-0.1, -0.05) is 79.7 Å².